The summed E-state index contributed by atoms with van der Waals surface area (Å²) in [5.74, 6) is -0.325. The molecule has 3 heterocycles. The zero-order chi connectivity index (χ0) is 24.1. The van der Waals surface area contributed by atoms with Crippen LogP contribution in [-0.4, -0.2) is 42.0 Å². The number of carbonyl (C=O) groups excluding carboxylic acids is 1. The molecule has 2 N–H and O–H groups in total. The lowest BCUT2D eigenvalue weighted by Crippen LogP contribution is -2.35. The second-order valence-corrected chi connectivity index (χ2v) is 12.0. The quantitative estimate of drug-likeness (QED) is 0.702. The first-order valence-corrected chi connectivity index (χ1v) is 12.7. The van der Waals surface area contributed by atoms with E-state index >= 15 is 0 Å². The SMILES string of the molecule is CN1CCCc2cc(CNC(=O)c3ccc(CN4C[C@]5(C)C[C@@H]4CC(C)(C)C5)[nH]c3=O)ccc21. The number of rotatable bonds is 5. The van der Waals surface area contributed by atoms with Crippen molar-refractivity contribution in [3.05, 3.63) is 63.1 Å². The first-order valence-electron chi connectivity index (χ1n) is 12.7. The van der Waals surface area contributed by atoms with Crippen LogP contribution in [0, 0.1) is 10.8 Å². The molecule has 3 aliphatic rings. The zero-order valence-electron chi connectivity index (χ0n) is 21.0. The van der Waals surface area contributed by atoms with E-state index < -0.39 is 0 Å². The number of hydrogen-bond donors (Lipinski definition) is 2. The third-order valence-corrected chi connectivity index (χ3v) is 8.06. The second kappa shape index (κ2) is 8.56. The third kappa shape index (κ3) is 4.65. The Hall–Kier alpha value is -2.60. The number of pyridine rings is 1. The number of fused-ring (bicyclic) bond motifs is 3. The second-order valence-electron chi connectivity index (χ2n) is 12.0. The van der Waals surface area contributed by atoms with Gasteiger partial charge < -0.3 is 15.2 Å². The lowest BCUT2D eigenvalue weighted by molar-refractivity contribution is 0.0949. The number of aryl methyl sites for hydroxylation is 1. The lowest BCUT2D eigenvalue weighted by Gasteiger charge is -2.39. The Balaban J connectivity index is 1.22. The van der Waals surface area contributed by atoms with E-state index in [1.165, 1.54) is 30.5 Å². The van der Waals surface area contributed by atoms with Gasteiger partial charge in [-0.25, -0.2) is 0 Å². The van der Waals surface area contributed by atoms with Gasteiger partial charge in [0.2, 0.25) is 0 Å². The average molecular weight is 463 g/mol. The van der Waals surface area contributed by atoms with E-state index in [0.717, 1.165) is 43.7 Å². The van der Waals surface area contributed by atoms with Crippen LogP contribution in [0.1, 0.15) is 73.6 Å². The molecule has 182 valence electrons. The van der Waals surface area contributed by atoms with E-state index in [4.69, 9.17) is 0 Å². The number of nitrogens with one attached hydrogen (secondary N) is 2. The molecule has 1 amide bonds. The summed E-state index contributed by atoms with van der Waals surface area (Å²) >= 11 is 0. The van der Waals surface area contributed by atoms with E-state index in [1.54, 1.807) is 6.07 Å². The fraction of sp³-hybridized carbons (Fsp3) is 0.571. The number of hydrogen-bond acceptors (Lipinski definition) is 4. The number of aromatic amines is 1. The third-order valence-electron chi connectivity index (χ3n) is 8.06. The standard InChI is InChI=1S/C28H38N4O2/c1-27(2)13-22-14-28(3,17-27)18-32(22)16-21-8-9-23(26(34)30-21)25(33)29-15-19-7-10-24-20(12-19)6-5-11-31(24)4/h7-10,12,22H,5-6,11,13-18H2,1-4H3,(H,29,33)(H,30,34)/t22-,28+/m0/s1. The van der Waals surface area contributed by atoms with Crippen molar-refractivity contribution in [2.45, 2.75) is 72.0 Å². The fourth-order valence-corrected chi connectivity index (χ4v) is 6.99. The van der Waals surface area contributed by atoms with Gasteiger partial charge in [0, 0.05) is 50.6 Å². The van der Waals surface area contributed by atoms with Crippen LogP contribution < -0.4 is 15.8 Å². The van der Waals surface area contributed by atoms with Crippen LogP contribution in [0.3, 0.4) is 0 Å². The van der Waals surface area contributed by atoms with Crippen molar-refractivity contribution in [2.75, 3.05) is 25.0 Å². The van der Waals surface area contributed by atoms with E-state index in [1.807, 2.05) is 6.07 Å². The summed E-state index contributed by atoms with van der Waals surface area (Å²) in [6.45, 7) is 10.5. The smallest absolute Gasteiger partial charge is 0.261 e. The van der Waals surface area contributed by atoms with Crippen molar-refractivity contribution in [2.24, 2.45) is 10.8 Å². The van der Waals surface area contributed by atoms with Crippen LogP contribution >= 0.6 is 0 Å². The summed E-state index contributed by atoms with van der Waals surface area (Å²) in [4.78, 5) is 33.3. The maximum atomic E-state index is 12.7. The topological polar surface area (TPSA) is 68.4 Å². The van der Waals surface area contributed by atoms with Crippen LogP contribution in [0.25, 0.3) is 0 Å². The summed E-state index contributed by atoms with van der Waals surface area (Å²) in [5, 5.41) is 2.93. The molecule has 1 saturated heterocycles. The molecule has 1 aromatic heterocycles. The molecule has 6 heteroatoms. The van der Waals surface area contributed by atoms with Crippen LogP contribution in [0.15, 0.2) is 35.1 Å². The van der Waals surface area contributed by atoms with Crippen LogP contribution in [-0.2, 0) is 19.5 Å². The molecule has 1 aliphatic carbocycles. The van der Waals surface area contributed by atoms with E-state index in [9.17, 15) is 9.59 Å². The molecule has 1 aromatic carbocycles. The highest BCUT2D eigenvalue weighted by atomic mass is 16.2. The van der Waals surface area contributed by atoms with Gasteiger partial charge >= 0.3 is 0 Å². The van der Waals surface area contributed by atoms with Gasteiger partial charge in [-0.2, -0.15) is 0 Å². The number of likely N-dealkylation sites (tertiary alicyclic amines) is 1. The highest BCUT2D eigenvalue weighted by molar-refractivity contribution is 5.93. The molecule has 1 saturated carbocycles. The number of carbonyl (C=O) groups is 1. The Bertz CT molecular complexity index is 1150. The lowest BCUT2D eigenvalue weighted by atomic mass is 9.65. The predicted molar refractivity (Wildman–Crippen MR) is 136 cm³/mol. The maximum absolute atomic E-state index is 12.7. The Morgan fingerprint density at radius 2 is 2.00 bits per heavy atom. The zero-order valence-corrected chi connectivity index (χ0v) is 21.0. The molecule has 0 unspecified atom stereocenters. The van der Waals surface area contributed by atoms with E-state index in [0.29, 0.717) is 23.4 Å². The average Bonchev–Trinajstić information content (AvgIpc) is 2.99. The number of nitrogens with zero attached hydrogens (tertiary/aromatic N) is 2. The minimum absolute atomic E-state index is 0.176. The number of benzene rings is 1. The van der Waals surface area contributed by atoms with Gasteiger partial charge in [-0.3, -0.25) is 14.5 Å². The van der Waals surface area contributed by atoms with Gasteiger partial charge in [0.05, 0.1) is 0 Å². The van der Waals surface area contributed by atoms with Gasteiger partial charge in [-0.15, -0.1) is 0 Å². The van der Waals surface area contributed by atoms with Crippen molar-refractivity contribution in [1.82, 2.24) is 15.2 Å². The molecule has 2 fully saturated rings. The molecule has 2 bridgehead atoms. The van der Waals surface area contributed by atoms with Crippen molar-refractivity contribution in [3.63, 3.8) is 0 Å². The molecule has 6 nitrogen and oxygen atoms in total. The van der Waals surface area contributed by atoms with Gasteiger partial charge in [-0.1, -0.05) is 32.9 Å². The Kier molecular flexibility index (Phi) is 5.83. The highest BCUT2D eigenvalue weighted by Crippen LogP contribution is 2.52. The molecule has 2 aromatic rings. The normalized spacial score (nSPS) is 25.8. The fourth-order valence-electron chi connectivity index (χ4n) is 6.99. The maximum Gasteiger partial charge on any atom is 0.261 e. The molecule has 2 atom stereocenters. The summed E-state index contributed by atoms with van der Waals surface area (Å²) in [6.07, 6.45) is 5.91. The minimum Gasteiger partial charge on any atom is -0.374 e. The number of amides is 1. The van der Waals surface area contributed by atoms with Gasteiger partial charge in [0.15, 0.2) is 0 Å². The predicted octanol–water partition coefficient (Wildman–Crippen LogP) is 4.09. The van der Waals surface area contributed by atoms with Crippen molar-refractivity contribution >= 4 is 11.6 Å². The summed E-state index contributed by atoms with van der Waals surface area (Å²) in [6, 6.07) is 10.5. The molecular formula is C28H38N4O2. The highest BCUT2D eigenvalue weighted by Gasteiger charge is 2.49. The molecule has 34 heavy (non-hydrogen) atoms. The molecule has 0 spiro atoms. The first kappa shape index (κ1) is 23.2. The minimum atomic E-state index is -0.325. The Labute approximate surface area is 202 Å². The summed E-state index contributed by atoms with van der Waals surface area (Å²) in [5.41, 5.74) is 5.14. The first-order chi connectivity index (χ1) is 16.1. The Morgan fingerprint density at radius 1 is 1.18 bits per heavy atom. The summed E-state index contributed by atoms with van der Waals surface area (Å²) in [7, 11) is 2.12. The van der Waals surface area contributed by atoms with E-state index in [-0.39, 0.29) is 17.0 Å². The summed E-state index contributed by atoms with van der Waals surface area (Å²) < 4.78 is 0. The molecule has 5 rings (SSSR count). The molecule has 0 radical (unpaired) electrons. The molecular weight excluding hydrogens is 424 g/mol. The largest absolute Gasteiger partial charge is 0.374 e. The number of anilines is 1. The van der Waals surface area contributed by atoms with Crippen molar-refractivity contribution < 1.29 is 4.79 Å². The number of aromatic nitrogens is 1. The van der Waals surface area contributed by atoms with Gasteiger partial charge in [0.1, 0.15) is 5.56 Å². The van der Waals surface area contributed by atoms with E-state index in [2.05, 4.69) is 66.1 Å². The molecule has 2 aliphatic heterocycles. The van der Waals surface area contributed by atoms with Crippen molar-refractivity contribution in [3.8, 4) is 0 Å². The van der Waals surface area contributed by atoms with Gasteiger partial charge in [-0.05, 0) is 72.3 Å². The van der Waals surface area contributed by atoms with Crippen molar-refractivity contribution in [1.29, 1.82) is 0 Å². The van der Waals surface area contributed by atoms with Gasteiger partial charge in [0.25, 0.3) is 11.5 Å². The van der Waals surface area contributed by atoms with Crippen LogP contribution in [0.4, 0.5) is 5.69 Å². The monoisotopic (exact) mass is 462 g/mol. The number of H-pyrrole nitrogens is 1. The van der Waals surface area contributed by atoms with Crippen LogP contribution in [0.5, 0.6) is 0 Å². The Morgan fingerprint density at radius 3 is 2.79 bits per heavy atom. The van der Waals surface area contributed by atoms with Crippen LogP contribution in [0.2, 0.25) is 0 Å².